The number of benzene rings is 1. The Bertz CT molecular complexity index is 850. The number of carbonyl (C=O) groups is 1. The van der Waals surface area contributed by atoms with Gasteiger partial charge in [-0.3, -0.25) is 9.58 Å². The van der Waals surface area contributed by atoms with E-state index in [4.69, 9.17) is 4.63 Å². The lowest BCUT2D eigenvalue weighted by Gasteiger charge is -2.38. The maximum atomic E-state index is 11.9. The van der Waals surface area contributed by atoms with Crippen LogP contribution in [-0.2, 0) is 16.9 Å². The number of aliphatic carboxylic acids is 1. The molecule has 124 valence electrons. The highest BCUT2D eigenvalue weighted by atomic mass is 16.6. The van der Waals surface area contributed by atoms with Gasteiger partial charge < -0.3 is 5.11 Å². The third kappa shape index (κ3) is 2.44. The van der Waals surface area contributed by atoms with Crippen LogP contribution in [0.2, 0.25) is 0 Å². The molecular formula is C16H17N5O3. The summed E-state index contributed by atoms with van der Waals surface area (Å²) in [6.45, 7) is 2.14. The molecule has 0 aliphatic carbocycles. The zero-order chi connectivity index (χ0) is 16.6. The fourth-order valence-corrected chi connectivity index (χ4v) is 3.33. The number of carboxylic acids is 1. The third-order valence-electron chi connectivity index (χ3n) is 4.75. The highest BCUT2D eigenvalue weighted by Gasteiger charge is 2.43. The van der Waals surface area contributed by atoms with Crippen LogP contribution >= 0.6 is 0 Å². The number of nitrogens with zero attached hydrogens (tertiary/aromatic N) is 5. The van der Waals surface area contributed by atoms with E-state index in [1.165, 1.54) is 0 Å². The summed E-state index contributed by atoms with van der Waals surface area (Å²) in [6.07, 6.45) is 4.41. The summed E-state index contributed by atoms with van der Waals surface area (Å²) >= 11 is 0. The molecule has 0 atom stereocenters. The first kappa shape index (κ1) is 14.8. The number of fused-ring (bicyclic) bond motifs is 1. The Hall–Kier alpha value is -2.74. The van der Waals surface area contributed by atoms with Crippen LogP contribution in [0.5, 0.6) is 0 Å². The van der Waals surface area contributed by atoms with Crippen LogP contribution in [0.25, 0.3) is 11.0 Å². The molecule has 4 rings (SSSR count). The summed E-state index contributed by atoms with van der Waals surface area (Å²) in [6, 6.07) is 7.60. The first-order chi connectivity index (χ1) is 11.7. The Balaban J connectivity index is 1.48. The van der Waals surface area contributed by atoms with Crippen molar-refractivity contribution in [3.8, 4) is 0 Å². The Morgan fingerprint density at radius 3 is 2.75 bits per heavy atom. The van der Waals surface area contributed by atoms with Gasteiger partial charge in [-0.15, -0.1) is 0 Å². The van der Waals surface area contributed by atoms with E-state index in [2.05, 4.69) is 20.3 Å². The molecule has 0 radical (unpaired) electrons. The van der Waals surface area contributed by atoms with E-state index in [-0.39, 0.29) is 0 Å². The van der Waals surface area contributed by atoms with Crippen LogP contribution in [0.3, 0.4) is 0 Å². The van der Waals surface area contributed by atoms with Crippen LogP contribution in [0.15, 0.2) is 41.3 Å². The van der Waals surface area contributed by atoms with Crippen molar-refractivity contribution in [3.63, 3.8) is 0 Å². The molecular weight excluding hydrogens is 310 g/mol. The van der Waals surface area contributed by atoms with Crippen LogP contribution in [-0.4, -0.2) is 49.2 Å². The lowest BCUT2D eigenvalue weighted by Crippen LogP contribution is -2.51. The summed E-state index contributed by atoms with van der Waals surface area (Å²) in [7, 11) is 0. The first-order valence-corrected chi connectivity index (χ1v) is 7.84. The van der Waals surface area contributed by atoms with E-state index in [9.17, 15) is 9.90 Å². The Kier molecular flexibility index (Phi) is 3.53. The van der Waals surface area contributed by atoms with E-state index in [1.807, 2.05) is 18.2 Å². The summed E-state index contributed by atoms with van der Waals surface area (Å²) in [5.74, 6) is -0.819. The number of likely N-dealkylation sites (tertiary alicyclic amines) is 1. The van der Waals surface area contributed by atoms with Crippen molar-refractivity contribution in [2.24, 2.45) is 0 Å². The third-order valence-corrected chi connectivity index (χ3v) is 4.75. The van der Waals surface area contributed by atoms with Crippen molar-refractivity contribution in [2.45, 2.75) is 24.9 Å². The van der Waals surface area contributed by atoms with Crippen molar-refractivity contribution in [1.29, 1.82) is 0 Å². The molecule has 3 aromatic rings. The molecule has 1 N–H and O–H groups in total. The molecule has 8 heteroatoms. The van der Waals surface area contributed by atoms with Gasteiger partial charge in [0.15, 0.2) is 5.54 Å². The molecule has 3 heterocycles. The predicted molar refractivity (Wildman–Crippen MR) is 84.2 cm³/mol. The van der Waals surface area contributed by atoms with Gasteiger partial charge in [0, 0.05) is 32.0 Å². The van der Waals surface area contributed by atoms with E-state index >= 15 is 0 Å². The maximum Gasteiger partial charge on any atom is 0.331 e. The van der Waals surface area contributed by atoms with Gasteiger partial charge in [-0.25, -0.2) is 9.42 Å². The topological polar surface area (TPSA) is 97.3 Å². The first-order valence-electron chi connectivity index (χ1n) is 7.84. The SMILES string of the molecule is O=C(O)C1(n2cccn2)CCN(Cc2ccc3nonc3c2)CC1. The predicted octanol–water partition coefficient (Wildman–Crippen LogP) is 1.50. The van der Waals surface area contributed by atoms with E-state index in [0.717, 1.165) is 23.1 Å². The summed E-state index contributed by atoms with van der Waals surface area (Å²) < 4.78 is 6.30. The van der Waals surface area contributed by atoms with Crippen LogP contribution < -0.4 is 0 Å². The molecule has 0 amide bonds. The molecule has 1 aromatic carbocycles. The summed E-state index contributed by atoms with van der Waals surface area (Å²) in [5, 5.41) is 21.5. The van der Waals surface area contributed by atoms with Gasteiger partial charge in [-0.1, -0.05) is 6.07 Å². The second-order valence-electron chi connectivity index (χ2n) is 6.15. The van der Waals surface area contributed by atoms with Crippen LogP contribution in [0, 0.1) is 0 Å². The number of piperidine rings is 1. The van der Waals surface area contributed by atoms with Crippen molar-refractivity contribution in [1.82, 2.24) is 25.0 Å². The lowest BCUT2D eigenvalue weighted by atomic mass is 9.87. The van der Waals surface area contributed by atoms with Gasteiger partial charge in [0.25, 0.3) is 0 Å². The van der Waals surface area contributed by atoms with E-state index < -0.39 is 11.5 Å². The van der Waals surface area contributed by atoms with Gasteiger partial charge in [0.1, 0.15) is 11.0 Å². The minimum atomic E-state index is -0.944. The number of hydrogen-bond acceptors (Lipinski definition) is 6. The van der Waals surface area contributed by atoms with Gasteiger partial charge in [-0.2, -0.15) is 5.10 Å². The Morgan fingerprint density at radius 1 is 1.25 bits per heavy atom. The van der Waals surface area contributed by atoms with Gasteiger partial charge in [-0.05, 0) is 46.9 Å². The quantitative estimate of drug-likeness (QED) is 0.775. The molecule has 1 fully saturated rings. The maximum absolute atomic E-state index is 11.9. The highest BCUT2D eigenvalue weighted by Crippen LogP contribution is 2.30. The van der Waals surface area contributed by atoms with E-state index in [1.54, 1.807) is 23.1 Å². The van der Waals surface area contributed by atoms with E-state index in [0.29, 0.717) is 25.9 Å². The summed E-state index contributed by atoms with van der Waals surface area (Å²) in [5.41, 5.74) is 1.64. The second-order valence-corrected chi connectivity index (χ2v) is 6.15. The zero-order valence-corrected chi connectivity index (χ0v) is 13.0. The average Bonchev–Trinajstić information content (AvgIpc) is 3.27. The fraction of sp³-hybridized carbons (Fsp3) is 0.375. The van der Waals surface area contributed by atoms with Crippen molar-refractivity contribution >= 4 is 17.0 Å². The molecule has 1 aliphatic heterocycles. The monoisotopic (exact) mass is 327 g/mol. The number of carboxylic acid groups (broad SMARTS) is 1. The summed E-state index contributed by atoms with van der Waals surface area (Å²) in [4.78, 5) is 14.1. The second kappa shape index (κ2) is 5.72. The molecule has 1 saturated heterocycles. The largest absolute Gasteiger partial charge is 0.479 e. The fourth-order valence-electron chi connectivity index (χ4n) is 3.33. The molecule has 8 nitrogen and oxygen atoms in total. The van der Waals surface area contributed by atoms with Crippen molar-refractivity contribution in [3.05, 3.63) is 42.2 Å². The van der Waals surface area contributed by atoms with Crippen molar-refractivity contribution in [2.75, 3.05) is 13.1 Å². The molecule has 0 bridgehead atoms. The Morgan fingerprint density at radius 2 is 2.04 bits per heavy atom. The van der Waals surface area contributed by atoms with Gasteiger partial charge >= 0.3 is 5.97 Å². The molecule has 1 aliphatic rings. The normalized spacial score (nSPS) is 18.0. The Labute approximate surface area is 137 Å². The lowest BCUT2D eigenvalue weighted by molar-refractivity contribution is -0.151. The molecule has 2 aromatic heterocycles. The standard InChI is InChI=1S/C16H17N5O3/c22-15(23)16(21-7-1-6-17-21)4-8-20(9-5-16)11-12-2-3-13-14(10-12)19-24-18-13/h1-3,6-7,10H,4-5,8-9,11H2,(H,22,23). The highest BCUT2D eigenvalue weighted by molar-refractivity contribution is 5.77. The number of rotatable bonds is 4. The smallest absolute Gasteiger partial charge is 0.331 e. The van der Waals surface area contributed by atoms with Crippen LogP contribution in [0.1, 0.15) is 18.4 Å². The minimum Gasteiger partial charge on any atom is -0.479 e. The molecule has 24 heavy (non-hydrogen) atoms. The number of hydrogen-bond donors (Lipinski definition) is 1. The average molecular weight is 327 g/mol. The number of aromatic nitrogens is 4. The molecule has 0 unspecified atom stereocenters. The zero-order valence-electron chi connectivity index (χ0n) is 13.0. The van der Waals surface area contributed by atoms with Crippen molar-refractivity contribution < 1.29 is 14.5 Å². The van der Waals surface area contributed by atoms with Gasteiger partial charge in [0.2, 0.25) is 0 Å². The van der Waals surface area contributed by atoms with Gasteiger partial charge in [0.05, 0.1) is 0 Å². The minimum absolute atomic E-state index is 0.526. The molecule has 0 spiro atoms. The van der Waals surface area contributed by atoms with Crippen LogP contribution in [0.4, 0.5) is 0 Å². The molecule has 0 saturated carbocycles.